The van der Waals surface area contributed by atoms with Crippen LogP contribution in [0.25, 0.3) is 0 Å². The van der Waals surface area contributed by atoms with Gasteiger partial charge in [0, 0.05) is 50.8 Å². The molecule has 0 saturated carbocycles. The first-order valence-electron chi connectivity index (χ1n) is 10.3. The number of para-hydroxylation sites is 1. The molecule has 0 radical (unpaired) electrons. The smallest absolute Gasteiger partial charge is 0.317 e. The first kappa shape index (κ1) is 20.2. The highest BCUT2D eigenvalue weighted by atomic mass is 16.2. The number of carbonyl (C=O) groups excluding carboxylic acids is 1. The van der Waals surface area contributed by atoms with Gasteiger partial charge in [0.1, 0.15) is 0 Å². The molecule has 0 unspecified atom stereocenters. The maximum Gasteiger partial charge on any atom is 0.317 e. The summed E-state index contributed by atoms with van der Waals surface area (Å²) in [5.74, 6) is 0.962. The lowest BCUT2D eigenvalue weighted by molar-refractivity contribution is 0.194. The summed E-state index contributed by atoms with van der Waals surface area (Å²) in [6.45, 7) is 12.7. The van der Waals surface area contributed by atoms with Gasteiger partial charge in [0.2, 0.25) is 0 Å². The van der Waals surface area contributed by atoms with Crippen molar-refractivity contribution in [2.45, 2.75) is 46.1 Å². The monoisotopic (exact) mass is 380 g/mol. The Balaban J connectivity index is 1.64. The van der Waals surface area contributed by atoms with Crippen LogP contribution in [0.4, 0.5) is 10.5 Å². The third-order valence-electron chi connectivity index (χ3n) is 5.39. The third-order valence-corrected chi connectivity index (χ3v) is 5.39. The van der Waals surface area contributed by atoms with Crippen molar-refractivity contribution in [3.05, 3.63) is 59.4 Å². The molecular formula is C23H32N4O. The number of benzene rings is 1. The Morgan fingerprint density at radius 1 is 1.00 bits per heavy atom. The number of urea groups is 1. The Morgan fingerprint density at radius 3 is 2.18 bits per heavy atom. The lowest BCUT2D eigenvalue weighted by atomic mass is 9.91. The summed E-state index contributed by atoms with van der Waals surface area (Å²) in [6, 6.07) is 10.5. The van der Waals surface area contributed by atoms with Crippen molar-refractivity contribution in [1.82, 2.24) is 15.2 Å². The number of nitrogens with zero attached hydrogens (tertiary/aromatic N) is 3. The Kier molecular flexibility index (Phi) is 6.55. The predicted octanol–water partition coefficient (Wildman–Crippen LogP) is 4.36. The molecule has 5 heteroatoms. The summed E-state index contributed by atoms with van der Waals surface area (Å²) in [7, 11) is 0. The van der Waals surface area contributed by atoms with Gasteiger partial charge < -0.3 is 15.1 Å². The summed E-state index contributed by atoms with van der Waals surface area (Å²) >= 11 is 0. The molecule has 1 saturated heterocycles. The number of pyridine rings is 1. The average Bonchev–Trinajstić information content (AvgIpc) is 2.72. The second kappa shape index (κ2) is 9.09. The van der Waals surface area contributed by atoms with E-state index >= 15 is 0 Å². The molecule has 1 aromatic heterocycles. The first-order chi connectivity index (χ1) is 13.5. The Bertz CT molecular complexity index is 754. The van der Waals surface area contributed by atoms with Crippen molar-refractivity contribution in [1.29, 1.82) is 0 Å². The molecule has 1 aliphatic rings. The molecule has 1 aromatic carbocycles. The van der Waals surface area contributed by atoms with Crippen LogP contribution in [0.5, 0.6) is 0 Å². The summed E-state index contributed by atoms with van der Waals surface area (Å²) < 4.78 is 0. The lowest BCUT2D eigenvalue weighted by Gasteiger charge is -2.39. The van der Waals surface area contributed by atoms with Crippen LogP contribution in [-0.2, 0) is 6.54 Å². The average molecular weight is 381 g/mol. The molecule has 2 amide bonds. The molecule has 0 bridgehead atoms. The number of piperazine rings is 1. The predicted molar refractivity (Wildman–Crippen MR) is 115 cm³/mol. The number of hydrogen-bond acceptors (Lipinski definition) is 3. The molecule has 3 rings (SSSR count). The fraction of sp³-hybridized carbons (Fsp3) is 0.478. The molecule has 0 spiro atoms. The Labute approximate surface area is 168 Å². The zero-order valence-electron chi connectivity index (χ0n) is 17.5. The van der Waals surface area contributed by atoms with Crippen LogP contribution < -0.4 is 10.2 Å². The van der Waals surface area contributed by atoms with Crippen molar-refractivity contribution in [3.63, 3.8) is 0 Å². The third kappa shape index (κ3) is 4.64. The van der Waals surface area contributed by atoms with Crippen LogP contribution >= 0.6 is 0 Å². The van der Waals surface area contributed by atoms with E-state index in [4.69, 9.17) is 0 Å². The van der Waals surface area contributed by atoms with Gasteiger partial charge in [0.15, 0.2) is 0 Å². The van der Waals surface area contributed by atoms with Crippen molar-refractivity contribution < 1.29 is 4.79 Å². The molecule has 1 aliphatic heterocycles. The van der Waals surface area contributed by atoms with Crippen LogP contribution in [0.15, 0.2) is 42.7 Å². The van der Waals surface area contributed by atoms with Crippen LogP contribution in [0.1, 0.15) is 56.2 Å². The largest absolute Gasteiger partial charge is 0.368 e. The fourth-order valence-corrected chi connectivity index (χ4v) is 3.80. The normalized spacial score (nSPS) is 14.6. The van der Waals surface area contributed by atoms with Gasteiger partial charge in [-0.1, -0.05) is 52.0 Å². The van der Waals surface area contributed by atoms with Gasteiger partial charge in [-0.05, 0) is 34.6 Å². The number of rotatable bonds is 5. The number of nitrogens with one attached hydrogen (secondary N) is 1. The number of hydrogen-bond donors (Lipinski definition) is 1. The SMILES string of the molecule is CC(C)c1cccc(C(C)C)c1N1CCN(C(=O)NCc2cccnc2)CC1. The minimum absolute atomic E-state index is 0.00438. The van der Waals surface area contributed by atoms with Gasteiger partial charge in [-0.15, -0.1) is 0 Å². The molecule has 1 fully saturated rings. The molecular weight excluding hydrogens is 348 g/mol. The van der Waals surface area contributed by atoms with Gasteiger partial charge in [-0.2, -0.15) is 0 Å². The van der Waals surface area contributed by atoms with E-state index in [2.05, 4.69) is 61.1 Å². The van der Waals surface area contributed by atoms with E-state index < -0.39 is 0 Å². The minimum Gasteiger partial charge on any atom is -0.368 e. The van der Waals surface area contributed by atoms with Gasteiger partial charge in [0.25, 0.3) is 0 Å². The van der Waals surface area contributed by atoms with Crippen molar-refractivity contribution in [2.24, 2.45) is 0 Å². The molecule has 2 heterocycles. The summed E-state index contributed by atoms with van der Waals surface area (Å²) in [5.41, 5.74) is 5.20. The highest BCUT2D eigenvalue weighted by molar-refractivity contribution is 5.74. The number of carbonyl (C=O) groups is 1. The maximum absolute atomic E-state index is 12.5. The summed E-state index contributed by atoms with van der Waals surface area (Å²) in [4.78, 5) is 21.0. The quantitative estimate of drug-likeness (QED) is 0.838. The first-order valence-corrected chi connectivity index (χ1v) is 10.3. The van der Waals surface area contributed by atoms with Crippen LogP contribution in [0.3, 0.4) is 0 Å². The standard InChI is InChI=1S/C23H32N4O/c1-17(2)20-8-5-9-21(18(3)4)22(20)26-11-13-27(14-12-26)23(28)25-16-19-7-6-10-24-15-19/h5-10,15,17-18H,11-14,16H2,1-4H3,(H,25,28). The van der Waals surface area contributed by atoms with E-state index in [1.165, 1.54) is 16.8 Å². The molecule has 28 heavy (non-hydrogen) atoms. The van der Waals surface area contributed by atoms with Crippen LogP contribution in [0.2, 0.25) is 0 Å². The van der Waals surface area contributed by atoms with E-state index in [1.54, 1.807) is 12.4 Å². The second-order valence-corrected chi connectivity index (χ2v) is 8.09. The summed E-state index contributed by atoms with van der Waals surface area (Å²) in [5, 5.41) is 3.01. The molecule has 2 aromatic rings. The highest BCUT2D eigenvalue weighted by Gasteiger charge is 2.25. The minimum atomic E-state index is 0.00438. The molecule has 0 atom stereocenters. The summed E-state index contributed by atoms with van der Waals surface area (Å²) in [6.07, 6.45) is 3.53. The Hall–Kier alpha value is -2.56. The van der Waals surface area contributed by atoms with Crippen LogP contribution in [-0.4, -0.2) is 42.1 Å². The maximum atomic E-state index is 12.5. The van der Waals surface area contributed by atoms with E-state index in [1.807, 2.05) is 17.0 Å². The van der Waals surface area contributed by atoms with E-state index in [0.717, 1.165) is 31.7 Å². The van der Waals surface area contributed by atoms with Gasteiger partial charge in [-0.3, -0.25) is 4.98 Å². The number of anilines is 1. The zero-order valence-corrected chi connectivity index (χ0v) is 17.5. The number of aromatic nitrogens is 1. The fourth-order valence-electron chi connectivity index (χ4n) is 3.80. The van der Waals surface area contributed by atoms with E-state index in [0.29, 0.717) is 18.4 Å². The van der Waals surface area contributed by atoms with Gasteiger partial charge >= 0.3 is 6.03 Å². The van der Waals surface area contributed by atoms with Crippen molar-refractivity contribution >= 4 is 11.7 Å². The topological polar surface area (TPSA) is 48.5 Å². The lowest BCUT2D eigenvalue weighted by Crippen LogP contribution is -2.52. The van der Waals surface area contributed by atoms with Gasteiger partial charge in [0.05, 0.1) is 0 Å². The molecule has 150 valence electrons. The van der Waals surface area contributed by atoms with E-state index in [-0.39, 0.29) is 6.03 Å². The van der Waals surface area contributed by atoms with E-state index in [9.17, 15) is 4.79 Å². The molecule has 1 N–H and O–H groups in total. The van der Waals surface area contributed by atoms with Crippen LogP contribution in [0, 0.1) is 0 Å². The van der Waals surface area contributed by atoms with Crippen molar-refractivity contribution in [3.8, 4) is 0 Å². The molecule has 0 aliphatic carbocycles. The van der Waals surface area contributed by atoms with Crippen molar-refractivity contribution in [2.75, 3.05) is 31.1 Å². The highest BCUT2D eigenvalue weighted by Crippen LogP contribution is 2.35. The molecule has 5 nitrogen and oxygen atoms in total. The second-order valence-electron chi connectivity index (χ2n) is 8.09. The number of amides is 2. The van der Waals surface area contributed by atoms with Gasteiger partial charge in [-0.25, -0.2) is 4.79 Å². The Morgan fingerprint density at radius 2 is 1.64 bits per heavy atom. The zero-order chi connectivity index (χ0) is 20.1.